The Morgan fingerprint density at radius 2 is 1.96 bits per heavy atom. The number of halogens is 1. The molecule has 130 valence electrons. The zero-order chi connectivity index (χ0) is 18.2. The van der Waals surface area contributed by atoms with Gasteiger partial charge in [0.1, 0.15) is 17.2 Å². The van der Waals surface area contributed by atoms with Crippen LogP contribution in [-0.2, 0) is 19.1 Å². The number of rotatable bonds is 6. The number of carbonyl (C=O) groups excluding carboxylic acids is 2. The number of carbonyl (C=O) groups is 2. The molecule has 0 fully saturated rings. The van der Waals surface area contributed by atoms with Crippen LogP contribution in [0, 0.1) is 0 Å². The first kappa shape index (κ1) is 18.3. The highest BCUT2D eigenvalue weighted by molar-refractivity contribution is 6.33. The van der Waals surface area contributed by atoms with Gasteiger partial charge >= 0.3 is 11.9 Å². The lowest BCUT2D eigenvalue weighted by Gasteiger charge is -2.12. The van der Waals surface area contributed by atoms with Gasteiger partial charge in [-0.3, -0.25) is 4.98 Å². The van der Waals surface area contributed by atoms with Gasteiger partial charge in [-0.15, -0.1) is 0 Å². The maximum Gasteiger partial charge on any atom is 0.354 e. The first-order chi connectivity index (χ1) is 12.0. The molecule has 1 heterocycles. The molecule has 0 bridgehead atoms. The van der Waals surface area contributed by atoms with Gasteiger partial charge in [-0.25, -0.2) is 9.59 Å². The fourth-order valence-electron chi connectivity index (χ4n) is 1.78. The third kappa shape index (κ3) is 5.22. The molecule has 1 N–H and O–H groups in total. The first-order valence-corrected chi connectivity index (χ1v) is 7.43. The summed E-state index contributed by atoms with van der Waals surface area (Å²) in [6.07, 6.45) is 4.17. The minimum atomic E-state index is -0.739. The van der Waals surface area contributed by atoms with Crippen LogP contribution in [0.25, 0.3) is 0 Å². The second-order valence-corrected chi connectivity index (χ2v) is 5.04. The minimum absolute atomic E-state index is 0.114. The van der Waals surface area contributed by atoms with Crippen molar-refractivity contribution in [1.29, 1.82) is 0 Å². The number of benzene rings is 1. The first-order valence-electron chi connectivity index (χ1n) is 7.06. The summed E-state index contributed by atoms with van der Waals surface area (Å²) in [5, 5.41) is 3.02. The molecular weight excluding hydrogens is 348 g/mol. The van der Waals surface area contributed by atoms with Crippen LogP contribution in [0.15, 0.2) is 54.5 Å². The Morgan fingerprint density at radius 3 is 2.56 bits per heavy atom. The van der Waals surface area contributed by atoms with Crippen LogP contribution in [0.2, 0.25) is 5.02 Å². The van der Waals surface area contributed by atoms with E-state index in [2.05, 4.69) is 19.8 Å². The quantitative estimate of drug-likeness (QED) is 0.623. The van der Waals surface area contributed by atoms with E-state index in [9.17, 15) is 9.59 Å². The number of esters is 2. The van der Waals surface area contributed by atoms with E-state index in [1.54, 1.807) is 42.7 Å². The molecule has 25 heavy (non-hydrogen) atoms. The molecule has 0 unspecified atom stereocenters. The smallest absolute Gasteiger partial charge is 0.354 e. The topological polar surface area (TPSA) is 86.8 Å². The molecule has 0 saturated carbocycles. The van der Waals surface area contributed by atoms with E-state index in [0.717, 1.165) is 6.08 Å². The van der Waals surface area contributed by atoms with E-state index >= 15 is 0 Å². The molecule has 0 aliphatic rings. The zero-order valence-corrected chi connectivity index (χ0v) is 14.2. The Hall–Kier alpha value is -3.06. The average molecular weight is 363 g/mol. The molecule has 0 radical (unpaired) electrons. The Kier molecular flexibility index (Phi) is 6.36. The summed E-state index contributed by atoms with van der Waals surface area (Å²) < 4.78 is 14.7. The lowest BCUT2D eigenvalue weighted by Crippen LogP contribution is -2.15. The van der Waals surface area contributed by atoms with Crippen LogP contribution in [0.3, 0.4) is 0 Å². The Bertz CT molecular complexity index is 793. The predicted octanol–water partition coefficient (Wildman–Crippen LogP) is 3.17. The van der Waals surface area contributed by atoms with Crippen molar-refractivity contribution < 1.29 is 23.8 Å². The van der Waals surface area contributed by atoms with Crippen molar-refractivity contribution in [3.63, 3.8) is 0 Å². The summed E-state index contributed by atoms with van der Waals surface area (Å²) in [6, 6.07) is 8.30. The van der Waals surface area contributed by atoms with Gasteiger partial charge in [0.25, 0.3) is 0 Å². The molecule has 1 aromatic heterocycles. The SMILES string of the molecule is COC(=O)/C=C(/Nc1ccc(Oc2cccnc2)cc1Cl)C(=O)OC. The molecule has 1 aromatic carbocycles. The van der Waals surface area contributed by atoms with Gasteiger partial charge in [-0.1, -0.05) is 11.6 Å². The van der Waals surface area contributed by atoms with Gasteiger partial charge in [-0.2, -0.15) is 0 Å². The largest absolute Gasteiger partial charge is 0.466 e. The van der Waals surface area contributed by atoms with E-state index < -0.39 is 11.9 Å². The number of nitrogens with zero attached hydrogens (tertiary/aromatic N) is 1. The lowest BCUT2D eigenvalue weighted by atomic mass is 10.2. The van der Waals surface area contributed by atoms with E-state index in [4.69, 9.17) is 16.3 Å². The standard InChI is InChI=1S/C17H15ClN2O5/c1-23-16(21)9-15(17(22)24-2)20-14-6-5-11(8-13(14)18)25-12-4-3-7-19-10-12/h3-10,20H,1-2H3/b15-9+. The third-order valence-corrected chi connectivity index (χ3v) is 3.26. The summed E-state index contributed by atoms with van der Waals surface area (Å²) in [6.45, 7) is 0. The van der Waals surface area contributed by atoms with Crippen molar-refractivity contribution in [1.82, 2.24) is 4.98 Å². The molecule has 0 atom stereocenters. The molecule has 0 spiro atoms. The van der Waals surface area contributed by atoms with Gasteiger partial charge in [-0.05, 0) is 24.3 Å². The monoisotopic (exact) mass is 362 g/mol. The van der Waals surface area contributed by atoms with Crippen molar-refractivity contribution in [3.8, 4) is 11.5 Å². The normalized spacial score (nSPS) is 10.8. The van der Waals surface area contributed by atoms with Crippen molar-refractivity contribution in [2.24, 2.45) is 0 Å². The second-order valence-electron chi connectivity index (χ2n) is 4.63. The van der Waals surface area contributed by atoms with E-state index in [-0.39, 0.29) is 10.7 Å². The number of hydrogen-bond acceptors (Lipinski definition) is 7. The molecule has 0 aliphatic carbocycles. The molecule has 2 rings (SSSR count). The summed E-state index contributed by atoms with van der Waals surface area (Å²) in [5.41, 5.74) is 0.276. The maximum absolute atomic E-state index is 11.8. The number of ether oxygens (including phenoxy) is 3. The molecule has 8 heteroatoms. The fourth-order valence-corrected chi connectivity index (χ4v) is 2.00. The fraction of sp³-hybridized carbons (Fsp3) is 0.118. The van der Waals surface area contributed by atoms with Crippen molar-refractivity contribution >= 4 is 29.2 Å². The average Bonchev–Trinajstić information content (AvgIpc) is 2.63. The van der Waals surface area contributed by atoms with Crippen molar-refractivity contribution in [3.05, 3.63) is 59.5 Å². The number of hydrogen-bond donors (Lipinski definition) is 1. The number of methoxy groups -OCH3 is 2. The van der Waals surface area contributed by atoms with Crippen LogP contribution in [0.5, 0.6) is 11.5 Å². The molecule has 2 aromatic rings. The van der Waals surface area contributed by atoms with Crippen LogP contribution < -0.4 is 10.1 Å². The third-order valence-electron chi connectivity index (χ3n) is 2.95. The minimum Gasteiger partial charge on any atom is -0.466 e. The Balaban J connectivity index is 2.20. The van der Waals surface area contributed by atoms with Crippen LogP contribution in [-0.4, -0.2) is 31.1 Å². The summed E-state index contributed by atoms with van der Waals surface area (Å²) in [7, 11) is 2.40. The van der Waals surface area contributed by atoms with Gasteiger partial charge in [0.05, 0.1) is 37.2 Å². The Morgan fingerprint density at radius 1 is 1.16 bits per heavy atom. The van der Waals surface area contributed by atoms with Crippen LogP contribution in [0.1, 0.15) is 0 Å². The van der Waals surface area contributed by atoms with Gasteiger partial charge in [0.15, 0.2) is 0 Å². The van der Waals surface area contributed by atoms with Crippen molar-refractivity contribution in [2.45, 2.75) is 0 Å². The molecule has 7 nitrogen and oxygen atoms in total. The zero-order valence-electron chi connectivity index (χ0n) is 13.5. The predicted molar refractivity (Wildman–Crippen MR) is 91.5 cm³/mol. The Labute approximate surface area is 149 Å². The second kappa shape index (κ2) is 8.70. The van der Waals surface area contributed by atoms with Gasteiger partial charge in [0.2, 0.25) is 0 Å². The van der Waals surface area contributed by atoms with Crippen molar-refractivity contribution in [2.75, 3.05) is 19.5 Å². The number of aromatic nitrogens is 1. The number of nitrogens with one attached hydrogen (secondary N) is 1. The van der Waals surface area contributed by atoms with Gasteiger partial charge < -0.3 is 19.5 Å². The van der Waals surface area contributed by atoms with E-state index in [0.29, 0.717) is 17.2 Å². The van der Waals surface area contributed by atoms with E-state index in [1.165, 1.54) is 14.2 Å². The van der Waals surface area contributed by atoms with Crippen LogP contribution in [0.4, 0.5) is 5.69 Å². The summed E-state index contributed by atoms with van der Waals surface area (Å²) >= 11 is 6.20. The highest BCUT2D eigenvalue weighted by Crippen LogP contribution is 2.30. The molecular formula is C17H15ClN2O5. The van der Waals surface area contributed by atoms with Gasteiger partial charge in [0, 0.05) is 12.3 Å². The maximum atomic E-state index is 11.8. The summed E-state index contributed by atoms with van der Waals surface area (Å²) in [4.78, 5) is 27.1. The highest BCUT2D eigenvalue weighted by Gasteiger charge is 2.14. The lowest BCUT2D eigenvalue weighted by molar-refractivity contribution is -0.138. The molecule has 0 saturated heterocycles. The van der Waals surface area contributed by atoms with Crippen LogP contribution >= 0.6 is 11.6 Å². The molecule has 0 amide bonds. The summed E-state index contributed by atoms with van der Waals surface area (Å²) in [5.74, 6) is -0.405. The number of pyridine rings is 1. The number of anilines is 1. The highest BCUT2D eigenvalue weighted by atomic mass is 35.5. The molecule has 0 aliphatic heterocycles. The van der Waals surface area contributed by atoms with E-state index in [1.807, 2.05) is 0 Å².